The topological polar surface area (TPSA) is 136 Å². The molecular weight excluding hydrogens is 667 g/mol. The van der Waals surface area contributed by atoms with E-state index in [9.17, 15) is 30.4 Å². The van der Waals surface area contributed by atoms with Gasteiger partial charge in [-0.25, -0.2) is 25.3 Å². The van der Waals surface area contributed by atoms with E-state index in [4.69, 9.17) is 0 Å². The van der Waals surface area contributed by atoms with E-state index in [0.717, 1.165) is 39.4 Å². The minimum atomic E-state index is -4.01. The molecule has 1 aromatic heterocycles. The highest BCUT2D eigenvalue weighted by atomic mass is 32.2. The predicted molar refractivity (Wildman–Crippen MR) is 190 cm³/mol. The number of nitrogens with zero attached hydrogens (tertiary/aromatic N) is 1. The summed E-state index contributed by atoms with van der Waals surface area (Å²) in [5.41, 5.74) is 3.75. The lowest BCUT2D eigenvalue weighted by Gasteiger charge is -2.21. The van der Waals surface area contributed by atoms with Crippen LogP contribution in [0.25, 0.3) is 22.0 Å². The summed E-state index contributed by atoms with van der Waals surface area (Å²) in [7, 11) is -10.7. The maximum absolute atomic E-state index is 14.3. The van der Waals surface area contributed by atoms with Crippen molar-refractivity contribution in [1.29, 1.82) is 0 Å². The first kappa shape index (κ1) is 35.4. The Morgan fingerprint density at radius 3 is 2.00 bits per heavy atom. The second-order valence-electron chi connectivity index (χ2n) is 13.0. The fourth-order valence-corrected chi connectivity index (χ4v) is 9.41. The van der Waals surface area contributed by atoms with Crippen LogP contribution in [-0.2, 0) is 41.5 Å². The third-order valence-corrected chi connectivity index (χ3v) is 12.8. The van der Waals surface area contributed by atoms with E-state index >= 15 is 0 Å². The lowest BCUT2D eigenvalue weighted by molar-refractivity contribution is 0.0785. The molecule has 2 unspecified atom stereocenters. The lowest BCUT2D eigenvalue weighted by atomic mass is 9.92. The van der Waals surface area contributed by atoms with Crippen molar-refractivity contribution in [3.05, 3.63) is 126 Å². The maximum Gasteiger partial charge on any atom is 0.185 e. The Labute approximate surface area is 283 Å². The van der Waals surface area contributed by atoms with Gasteiger partial charge in [0.05, 0.1) is 31.9 Å². The van der Waals surface area contributed by atoms with Crippen molar-refractivity contribution in [1.82, 2.24) is 4.98 Å². The smallest absolute Gasteiger partial charge is 0.185 e. The summed E-state index contributed by atoms with van der Waals surface area (Å²) < 4.78 is 77.1. The molecule has 5 rings (SSSR count). The Balaban J connectivity index is 1.60. The molecule has 0 aliphatic heterocycles. The van der Waals surface area contributed by atoms with Crippen molar-refractivity contribution in [3.8, 4) is 11.1 Å². The molecule has 2 atom stereocenters. The van der Waals surface area contributed by atoms with Crippen LogP contribution >= 0.6 is 0 Å². The Kier molecular flexibility index (Phi) is 9.73. The van der Waals surface area contributed by atoms with E-state index in [1.807, 2.05) is 55.5 Å². The van der Waals surface area contributed by atoms with Crippen molar-refractivity contribution in [3.63, 3.8) is 0 Å². The van der Waals surface area contributed by atoms with Gasteiger partial charge in [-0.1, -0.05) is 61.5 Å². The molecule has 0 saturated carbocycles. The highest BCUT2D eigenvalue weighted by Gasteiger charge is 2.31. The van der Waals surface area contributed by atoms with Crippen molar-refractivity contribution < 1.29 is 30.4 Å². The van der Waals surface area contributed by atoms with E-state index in [0.29, 0.717) is 11.1 Å². The van der Waals surface area contributed by atoms with Gasteiger partial charge in [0.15, 0.2) is 19.7 Å². The summed E-state index contributed by atoms with van der Waals surface area (Å²) in [6.07, 6.45) is 4.09. The lowest BCUT2D eigenvalue weighted by Crippen LogP contribution is -2.18. The first-order valence-electron chi connectivity index (χ1n) is 15.4. The van der Waals surface area contributed by atoms with E-state index in [1.54, 1.807) is 32.2 Å². The number of sulfone groups is 3. The van der Waals surface area contributed by atoms with Crippen molar-refractivity contribution in [2.45, 2.75) is 53.8 Å². The van der Waals surface area contributed by atoms with Gasteiger partial charge in [-0.15, -0.1) is 0 Å². The molecule has 0 radical (unpaired) electrons. The highest BCUT2D eigenvalue weighted by Crippen LogP contribution is 2.36. The van der Waals surface area contributed by atoms with E-state index < -0.39 is 40.4 Å². The Morgan fingerprint density at radius 1 is 0.750 bits per heavy atom. The van der Waals surface area contributed by atoms with Gasteiger partial charge in [-0.2, -0.15) is 0 Å². The molecule has 0 fully saturated rings. The van der Waals surface area contributed by atoms with Crippen LogP contribution in [0.5, 0.6) is 0 Å². The molecule has 48 heavy (non-hydrogen) atoms. The number of rotatable bonds is 11. The largest absolute Gasteiger partial charge is 0.386 e. The summed E-state index contributed by atoms with van der Waals surface area (Å²) in [6, 6.07) is 27.3. The normalized spacial score (nSPS) is 14.1. The number of aliphatic hydroxyl groups is 1. The average molecular weight is 706 g/mol. The third-order valence-electron chi connectivity index (χ3n) is 8.45. The van der Waals surface area contributed by atoms with E-state index in [1.165, 1.54) is 42.7 Å². The molecule has 0 bridgehead atoms. The summed E-state index contributed by atoms with van der Waals surface area (Å²) in [5.74, 6) is -0.272. The van der Waals surface area contributed by atoms with Crippen LogP contribution in [0.15, 0.2) is 113 Å². The van der Waals surface area contributed by atoms with Crippen LogP contribution in [0.1, 0.15) is 54.2 Å². The van der Waals surface area contributed by atoms with Gasteiger partial charge < -0.3 is 5.11 Å². The minimum Gasteiger partial charge on any atom is -0.386 e. The van der Waals surface area contributed by atoms with Crippen LogP contribution in [0, 0.1) is 0 Å². The first-order valence-corrected chi connectivity index (χ1v) is 20.9. The van der Waals surface area contributed by atoms with Gasteiger partial charge in [0, 0.05) is 29.7 Å². The predicted octanol–water partition coefficient (Wildman–Crippen LogP) is 6.44. The third kappa shape index (κ3) is 8.03. The quantitative estimate of drug-likeness (QED) is 0.166. The van der Waals surface area contributed by atoms with E-state index in [-0.39, 0.29) is 27.9 Å². The molecule has 0 saturated heterocycles. The van der Waals surface area contributed by atoms with Crippen LogP contribution in [0.2, 0.25) is 0 Å². The van der Waals surface area contributed by atoms with Crippen molar-refractivity contribution in [2.75, 3.05) is 18.3 Å². The Morgan fingerprint density at radius 2 is 1.40 bits per heavy atom. The molecule has 0 aliphatic rings. The summed E-state index contributed by atoms with van der Waals surface area (Å²) in [4.78, 5) is 4.78. The molecule has 4 aromatic carbocycles. The van der Waals surface area contributed by atoms with Gasteiger partial charge >= 0.3 is 0 Å². The average Bonchev–Trinajstić information content (AvgIpc) is 3.01. The summed E-state index contributed by atoms with van der Waals surface area (Å²) in [5, 5.41) is 10.2. The number of benzene rings is 4. The molecule has 11 heteroatoms. The van der Waals surface area contributed by atoms with Crippen LogP contribution < -0.4 is 0 Å². The minimum absolute atomic E-state index is 0.00725. The van der Waals surface area contributed by atoms with Crippen LogP contribution in [0.4, 0.5) is 0 Å². The zero-order chi connectivity index (χ0) is 35.1. The monoisotopic (exact) mass is 705 g/mol. The fourth-order valence-electron chi connectivity index (χ4n) is 5.90. The molecule has 252 valence electrons. The molecule has 1 N–H and O–H groups in total. The molecule has 0 amide bonds. The second-order valence-corrected chi connectivity index (χ2v) is 19.3. The molecule has 1 heterocycles. The standard InChI is InChI=1S/C37H39NO7S3/c1-25(24-46(4,40)41)30-22-29-10-7-19-38-36(29)34(23-30)28-9-6-8-26(20-28)21-35(27-11-15-32(16-12-27)47(5,42)43)48(44,45)33-17-13-31(14-18-33)37(2,3)39/h6-20,22-23,25,35,39H,21,24H2,1-5H3. The zero-order valence-electron chi connectivity index (χ0n) is 27.5. The van der Waals surface area contributed by atoms with Crippen molar-refractivity contribution >= 4 is 40.4 Å². The number of aromatic nitrogens is 1. The Hall–Kier alpha value is -3.90. The maximum atomic E-state index is 14.3. The molecule has 5 aromatic rings. The number of hydrogen-bond acceptors (Lipinski definition) is 8. The zero-order valence-corrected chi connectivity index (χ0v) is 29.9. The van der Waals surface area contributed by atoms with Gasteiger partial charge in [0.25, 0.3) is 0 Å². The summed E-state index contributed by atoms with van der Waals surface area (Å²) >= 11 is 0. The van der Waals surface area contributed by atoms with Gasteiger partial charge in [0.1, 0.15) is 9.84 Å². The second kappa shape index (κ2) is 13.2. The first-order chi connectivity index (χ1) is 22.3. The molecule has 8 nitrogen and oxygen atoms in total. The van der Waals surface area contributed by atoms with E-state index in [2.05, 4.69) is 4.98 Å². The fraction of sp³-hybridized carbons (Fsp3) is 0.270. The number of fused-ring (bicyclic) bond motifs is 1. The van der Waals surface area contributed by atoms with Gasteiger partial charge in [-0.05, 0) is 96.5 Å². The van der Waals surface area contributed by atoms with Crippen LogP contribution in [-0.4, -0.2) is 53.6 Å². The molecular formula is C37H39NO7S3. The summed E-state index contributed by atoms with van der Waals surface area (Å²) in [6.45, 7) is 5.12. The Bertz CT molecular complexity index is 2290. The van der Waals surface area contributed by atoms with Crippen molar-refractivity contribution in [2.24, 2.45) is 0 Å². The SMILES string of the molecule is CC(CS(C)(=O)=O)c1cc(-c2cccc(CC(c3ccc(S(C)(=O)=O)cc3)S(=O)(=O)c3ccc(C(C)(C)O)cc3)c2)c2ncccc2c1. The van der Waals surface area contributed by atoms with Crippen LogP contribution in [0.3, 0.4) is 0 Å². The molecule has 0 aliphatic carbocycles. The number of hydrogen-bond donors (Lipinski definition) is 1. The number of pyridine rings is 1. The highest BCUT2D eigenvalue weighted by molar-refractivity contribution is 7.91. The van der Waals surface area contributed by atoms with Gasteiger partial charge in [0.2, 0.25) is 0 Å². The van der Waals surface area contributed by atoms with Gasteiger partial charge in [-0.3, -0.25) is 4.98 Å². The molecule has 0 spiro atoms.